The van der Waals surface area contributed by atoms with Gasteiger partial charge in [-0.1, -0.05) is 18.2 Å². The quantitative estimate of drug-likeness (QED) is 0.253. The highest BCUT2D eigenvalue weighted by Gasteiger charge is 2.19. The zero-order chi connectivity index (χ0) is 26.0. The summed E-state index contributed by atoms with van der Waals surface area (Å²) in [6, 6.07) is 20.3. The van der Waals surface area contributed by atoms with Crippen LogP contribution in [-0.2, 0) is 0 Å². The number of hydrogen-bond acceptors (Lipinski definition) is 10. The van der Waals surface area contributed by atoms with E-state index in [1.54, 1.807) is 37.2 Å². The molecule has 7 aromatic rings. The van der Waals surface area contributed by atoms with Gasteiger partial charge in [-0.25, -0.2) is 19.9 Å². The SMILES string of the molecule is c1ccc(-c2cnc(-c3cc(-c4cnc(-c5ccccn5)o4)nc(-c4cnc(-c5ccccn5)o4)c3)o2)nc1. The summed E-state index contributed by atoms with van der Waals surface area (Å²) in [5.41, 5.74) is 3.57. The van der Waals surface area contributed by atoms with Crippen molar-refractivity contribution >= 4 is 0 Å². The Kier molecular flexibility index (Phi) is 5.52. The van der Waals surface area contributed by atoms with Gasteiger partial charge in [0, 0.05) is 24.2 Å². The molecule has 0 aliphatic heterocycles. The zero-order valence-corrected chi connectivity index (χ0v) is 20.2. The molecule has 10 nitrogen and oxygen atoms in total. The van der Waals surface area contributed by atoms with Crippen molar-refractivity contribution in [2.45, 2.75) is 0 Å². The molecule has 0 spiro atoms. The van der Waals surface area contributed by atoms with Crippen LogP contribution >= 0.6 is 0 Å². The molecule has 7 rings (SSSR count). The monoisotopic (exact) mass is 511 g/mol. The van der Waals surface area contributed by atoms with E-state index in [1.807, 2.05) is 66.7 Å². The van der Waals surface area contributed by atoms with E-state index >= 15 is 0 Å². The number of rotatable bonds is 6. The summed E-state index contributed by atoms with van der Waals surface area (Å²) in [4.78, 5) is 31.0. The number of nitrogens with zero attached hydrogens (tertiary/aromatic N) is 7. The molecule has 0 radical (unpaired) electrons. The molecule has 0 aromatic carbocycles. The third-order valence-corrected chi connectivity index (χ3v) is 5.78. The van der Waals surface area contributed by atoms with Gasteiger partial charge >= 0.3 is 0 Å². The van der Waals surface area contributed by atoms with Gasteiger partial charge in [-0.05, 0) is 48.5 Å². The van der Waals surface area contributed by atoms with Gasteiger partial charge in [0.05, 0.1) is 18.6 Å². The molecular formula is C29H17N7O3. The van der Waals surface area contributed by atoms with Crippen LogP contribution in [0, 0.1) is 0 Å². The van der Waals surface area contributed by atoms with E-state index in [2.05, 4.69) is 29.9 Å². The number of pyridine rings is 4. The lowest BCUT2D eigenvalue weighted by Crippen LogP contribution is -1.90. The smallest absolute Gasteiger partial charge is 0.245 e. The van der Waals surface area contributed by atoms with E-state index in [0.29, 0.717) is 69.0 Å². The summed E-state index contributed by atoms with van der Waals surface area (Å²) in [6.45, 7) is 0. The van der Waals surface area contributed by atoms with Gasteiger partial charge in [0.15, 0.2) is 17.3 Å². The third kappa shape index (κ3) is 4.46. The Labute approximate surface area is 221 Å². The molecule has 186 valence electrons. The second-order valence-electron chi connectivity index (χ2n) is 8.36. The average molecular weight is 512 g/mol. The minimum Gasteiger partial charge on any atom is -0.434 e. The summed E-state index contributed by atoms with van der Waals surface area (Å²) in [5.74, 6) is 2.57. The summed E-state index contributed by atoms with van der Waals surface area (Å²) in [7, 11) is 0. The molecule has 10 heteroatoms. The van der Waals surface area contributed by atoms with Gasteiger partial charge in [-0.15, -0.1) is 0 Å². The molecule has 0 amide bonds. The molecule has 0 fully saturated rings. The van der Waals surface area contributed by atoms with Crippen molar-refractivity contribution in [3.05, 3.63) is 104 Å². The van der Waals surface area contributed by atoms with E-state index in [4.69, 9.17) is 18.2 Å². The van der Waals surface area contributed by atoms with Crippen molar-refractivity contribution in [2.75, 3.05) is 0 Å². The fourth-order valence-electron chi connectivity index (χ4n) is 3.94. The van der Waals surface area contributed by atoms with Crippen LogP contribution < -0.4 is 0 Å². The fraction of sp³-hybridized carbons (Fsp3) is 0. The van der Waals surface area contributed by atoms with Gasteiger partial charge in [-0.3, -0.25) is 15.0 Å². The molecule has 0 saturated heterocycles. The molecule has 0 N–H and O–H groups in total. The van der Waals surface area contributed by atoms with Crippen LogP contribution in [-0.4, -0.2) is 34.9 Å². The normalized spacial score (nSPS) is 11.1. The number of oxazole rings is 3. The number of aromatic nitrogens is 7. The lowest BCUT2D eigenvalue weighted by atomic mass is 10.1. The maximum atomic E-state index is 6.07. The largest absolute Gasteiger partial charge is 0.434 e. The van der Waals surface area contributed by atoms with Crippen molar-refractivity contribution in [1.82, 2.24) is 34.9 Å². The first-order valence-electron chi connectivity index (χ1n) is 11.9. The highest BCUT2D eigenvalue weighted by molar-refractivity contribution is 5.71. The first-order chi connectivity index (χ1) is 19.3. The van der Waals surface area contributed by atoms with Gasteiger partial charge in [0.2, 0.25) is 17.7 Å². The first-order valence-corrected chi connectivity index (χ1v) is 11.9. The van der Waals surface area contributed by atoms with Crippen LogP contribution in [0.25, 0.3) is 69.0 Å². The Morgan fingerprint density at radius 3 is 1.33 bits per heavy atom. The predicted octanol–water partition coefficient (Wildman–Crippen LogP) is 6.23. The van der Waals surface area contributed by atoms with Crippen LogP contribution in [0.4, 0.5) is 0 Å². The summed E-state index contributed by atoms with van der Waals surface area (Å²) < 4.78 is 18.1. The van der Waals surface area contributed by atoms with E-state index in [9.17, 15) is 0 Å². The fourth-order valence-corrected chi connectivity index (χ4v) is 3.94. The van der Waals surface area contributed by atoms with Crippen molar-refractivity contribution < 1.29 is 13.3 Å². The van der Waals surface area contributed by atoms with Gasteiger partial charge in [0.25, 0.3) is 0 Å². The van der Waals surface area contributed by atoms with Crippen LogP contribution in [0.5, 0.6) is 0 Å². The maximum absolute atomic E-state index is 6.07. The lowest BCUT2D eigenvalue weighted by Gasteiger charge is -2.04. The van der Waals surface area contributed by atoms with Crippen LogP contribution in [0.3, 0.4) is 0 Å². The van der Waals surface area contributed by atoms with E-state index in [0.717, 1.165) is 0 Å². The van der Waals surface area contributed by atoms with Crippen LogP contribution in [0.2, 0.25) is 0 Å². The highest BCUT2D eigenvalue weighted by Crippen LogP contribution is 2.33. The first kappa shape index (κ1) is 22.4. The lowest BCUT2D eigenvalue weighted by molar-refractivity contribution is 0.578. The standard InChI is InChI=1S/C29H17N7O3/c1-4-10-30-19(7-1)24-15-33-27(37-24)18-13-22(25-16-34-28(38-25)20-8-2-5-11-31-20)36-23(14-18)26-17-35-29(39-26)21-9-3-6-12-32-21/h1-17H. The van der Waals surface area contributed by atoms with Gasteiger partial charge < -0.3 is 13.3 Å². The van der Waals surface area contributed by atoms with E-state index < -0.39 is 0 Å². The molecule has 0 aliphatic carbocycles. The van der Waals surface area contributed by atoms with Crippen molar-refractivity contribution in [3.8, 4) is 69.0 Å². The second-order valence-corrected chi connectivity index (χ2v) is 8.36. The molecule has 0 atom stereocenters. The molecule has 0 unspecified atom stereocenters. The molecule has 39 heavy (non-hydrogen) atoms. The third-order valence-electron chi connectivity index (χ3n) is 5.78. The minimum absolute atomic E-state index is 0.380. The van der Waals surface area contributed by atoms with Crippen LogP contribution in [0.1, 0.15) is 0 Å². The molecule has 0 aliphatic rings. The summed E-state index contributed by atoms with van der Waals surface area (Å²) in [6.07, 6.45) is 9.91. The Morgan fingerprint density at radius 2 is 0.846 bits per heavy atom. The van der Waals surface area contributed by atoms with Crippen molar-refractivity contribution in [2.24, 2.45) is 0 Å². The maximum Gasteiger partial charge on any atom is 0.245 e. The molecular weight excluding hydrogens is 494 g/mol. The second kappa shape index (κ2) is 9.60. The van der Waals surface area contributed by atoms with Gasteiger partial charge in [0.1, 0.15) is 28.5 Å². The zero-order valence-electron chi connectivity index (χ0n) is 20.2. The average Bonchev–Trinajstić information content (AvgIpc) is 3.80. The minimum atomic E-state index is 0.380. The molecule has 0 bridgehead atoms. The Hall–Kier alpha value is -5.77. The van der Waals surface area contributed by atoms with Gasteiger partial charge in [-0.2, -0.15) is 0 Å². The number of hydrogen-bond donors (Lipinski definition) is 0. The van der Waals surface area contributed by atoms with E-state index in [-0.39, 0.29) is 0 Å². The molecule has 7 heterocycles. The van der Waals surface area contributed by atoms with Crippen molar-refractivity contribution in [1.29, 1.82) is 0 Å². The highest BCUT2D eigenvalue weighted by atomic mass is 16.4. The topological polar surface area (TPSA) is 130 Å². The Morgan fingerprint density at radius 1 is 0.410 bits per heavy atom. The Bertz CT molecular complexity index is 1630. The van der Waals surface area contributed by atoms with E-state index in [1.165, 1.54) is 0 Å². The van der Waals surface area contributed by atoms with Crippen LogP contribution in [0.15, 0.2) is 117 Å². The van der Waals surface area contributed by atoms with Crippen molar-refractivity contribution in [3.63, 3.8) is 0 Å². The molecule has 7 aromatic heterocycles. The summed E-state index contributed by atoms with van der Waals surface area (Å²) >= 11 is 0. The molecule has 0 saturated carbocycles. The summed E-state index contributed by atoms with van der Waals surface area (Å²) in [5, 5.41) is 0. The Balaban J connectivity index is 1.33. The predicted molar refractivity (Wildman–Crippen MR) is 140 cm³/mol.